The fraction of sp³-hybridized carbons (Fsp3) is 0.238. The quantitative estimate of drug-likeness (QED) is 0.0755. The number of aliphatic hydroxyl groups excluding tert-OH is 1. The zero-order valence-electron chi connectivity index (χ0n) is 28.8. The zero-order chi connectivity index (χ0) is 36.0. The van der Waals surface area contributed by atoms with Crippen LogP contribution in [0, 0.1) is 0 Å². The molecule has 0 aliphatic heterocycles. The van der Waals surface area contributed by atoms with E-state index in [1.807, 2.05) is 66.7 Å². The molecule has 0 unspecified atom stereocenters. The number of para-hydroxylation sites is 2. The van der Waals surface area contributed by atoms with Crippen molar-refractivity contribution in [3.8, 4) is 5.75 Å². The molecule has 51 heavy (non-hydrogen) atoms. The number of rotatable bonds is 17. The predicted molar refractivity (Wildman–Crippen MR) is 205 cm³/mol. The normalized spacial score (nSPS) is 12.2. The van der Waals surface area contributed by atoms with Crippen LogP contribution in [0.15, 0.2) is 133 Å². The van der Waals surface area contributed by atoms with Crippen LogP contribution in [0.1, 0.15) is 47.6 Å². The van der Waals surface area contributed by atoms with E-state index in [9.17, 15) is 14.7 Å². The van der Waals surface area contributed by atoms with Crippen molar-refractivity contribution in [2.24, 2.45) is 5.73 Å². The van der Waals surface area contributed by atoms with Gasteiger partial charge in [-0.05, 0) is 84.3 Å². The summed E-state index contributed by atoms with van der Waals surface area (Å²) in [6, 6.07) is 41.1. The van der Waals surface area contributed by atoms with Gasteiger partial charge in [0.05, 0.1) is 31.5 Å². The second kappa shape index (κ2) is 18.7. The summed E-state index contributed by atoms with van der Waals surface area (Å²) in [7, 11) is 1.68. The molecule has 9 heteroatoms. The van der Waals surface area contributed by atoms with Gasteiger partial charge in [0.25, 0.3) is 0 Å². The maximum atomic E-state index is 13.7. The van der Waals surface area contributed by atoms with Crippen LogP contribution in [0.25, 0.3) is 0 Å². The van der Waals surface area contributed by atoms with E-state index in [1.165, 1.54) is 0 Å². The van der Waals surface area contributed by atoms with E-state index in [4.69, 9.17) is 22.1 Å². The molecule has 0 heterocycles. The molecule has 0 saturated carbocycles. The molecule has 5 rings (SSSR count). The van der Waals surface area contributed by atoms with Gasteiger partial charge in [-0.3, -0.25) is 9.59 Å². The molecule has 5 aromatic carbocycles. The number of ether oxygens (including phenoxy) is 1. The zero-order valence-corrected chi connectivity index (χ0v) is 29.5. The SMILES string of the molecule is COc1ccccc1N(CCCC[C@H](NC(=O)[C@@H](N)Cc1ccc(Cl)cc1)C(=O)Nc1ccc(CO)cc1)C(c1ccccc1)c1ccccc1. The van der Waals surface area contributed by atoms with Crippen molar-refractivity contribution < 1.29 is 19.4 Å². The molecule has 5 N–H and O–H groups in total. The molecule has 0 aliphatic carbocycles. The van der Waals surface area contributed by atoms with Gasteiger partial charge in [0.2, 0.25) is 11.8 Å². The predicted octanol–water partition coefficient (Wildman–Crippen LogP) is 7.30. The number of nitrogens with zero attached hydrogens (tertiary/aromatic N) is 1. The Morgan fingerprint density at radius 1 is 0.765 bits per heavy atom. The molecule has 0 bridgehead atoms. The maximum absolute atomic E-state index is 13.7. The van der Waals surface area contributed by atoms with E-state index in [1.54, 1.807) is 43.5 Å². The first kappa shape index (κ1) is 37.1. The van der Waals surface area contributed by atoms with E-state index < -0.39 is 18.0 Å². The number of anilines is 2. The van der Waals surface area contributed by atoms with Gasteiger partial charge in [-0.15, -0.1) is 0 Å². The molecule has 8 nitrogen and oxygen atoms in total. The van der Waals surface area contributed by atoms with Crippen LogP contribution < -0.4 is 26.0 Å². The van der Waals surface area contributed by atoms with Crippen molar-refractivity contribution in [2.75, 3.05) is 23.9 Å². The van der Waals surface area contributed by atoms with Gasteiger partial charge in [0.1, 0.15) is 11.8 Å². The molecule has 5 aromatic rings. The Morgan fingerprint density at radius 3 is 1.96 bits per heavy atom. The summed E-state index contributed by atoms with van der Waals surface area (Å²) >= 11 is 6.03. The summed E-state index contributed by atoms with van der Waals surface area (Å²) in [4.78, 5) is 29.4. The van der Waals surface area contributed by atoms with Gasteiger partial charge in [0, 0.05) is 17.3 Å². The van der Waals surface area contributed by atoms with E-state index in [0.29, 0.717) is 36.5 Å². The van der Waals surface area contributed by atoms with Gasteiger partial charge in [-0.1, -0.05) is 109 Å². The highest BCUT2D eigenvalue weighted by atomic mass is 35.5. The number of amides is 2. The largest absolute Gasteiger partial charge is 0.495 e. The summed E-state index contributed by atoms with van der Waals surface area (Å²) in [5.74, 6) is 0.0113. The smallest absolute Gasteiger partial charge is 0.246 e. The topological polar surface area (TPSA) is 117 Å². The molecule has 264 valence electrons. The van der Waals surface area contributed by atoms with Crippen LogP contribution in [0.4, 0.5) is 11.4 Å². The van der Waals surface area contributed by atoms with Gasteiger partial charge in [-0.2, -0.15) is 0 Å². The lowest BCUT2D eigenvalue weighted by atomic mass is 9.95. The highest BCUT2D eigenvalue weighted by molar-refractivity contribution is 6.30. The van der Waals surface area contributed by atoms with Crippen molar-refractivity contribution in [2.45, 2.75) is 50.4 Å². The van der Waals surface area contributed by atoms with Crippen LogP contribution >= 0.6 is 11.6 Å². The highest BCUT2D eigenvalue weighted by Crippen LogP contribution is 2.38. The molecular weight excluding hydrogens is 660 g/mol. The first-order valence-corrected chi connectivity index (χ1v) is 17.5. The van der Waals surface area contributed by atoms with E-state index in [0.717, 1.165) is 40.1 Å². The molecule has 0 aromatic heterocycles. The average Bonchev–Trinajstić information content (AvgIpc) is 3.17. The molecule has 0 spiro atoms. The van der Waals surface area contributed by atoms with E-state index in [-0.39, 0.29) is 18.6 Å². The van der Waals surface area contributed by atoms with Crippen LogP contribution in [0.3, 0.4) is 0 Å². The minimum Gasteiger partial charge on any atom is -0.495 e. The molecule has 0 radical (unpaired) electrons. The van der Waals surface area contributed by atoms with Crippen LogP contribution in [-0.2, 0) is 22.6 Å². The average molecular weight is 705 g/mol. The second-order valence-electron chi connectivity index (χ2n) is 12.4. The van der Waals surface area contributed by atoms with Crippen molar-refractivity contribution in [3.05, 3.63) is 161 Å². The van der Waals surface area contributed by atoms with Gasteiger partial charge < -0.3 is 31.1 Å². The number of benzene rings is 5. The van der Waals surface area contributed by atoms with Crippen molar-refractivity contribution in [3.63, 3.8) is 0 Å². The first-order chi connectivity index (χ1) is 24.9. The summed E-state index contributed by atoms with van der Waals surface area (Å²) in [5, 5.41) is 15.9. The summed E-state index contributed by atoms with van der Waals surface area (Å²) in [6.45, 7) is 0.551. The Bertz CT molecular complexity index is 1780. The molecular formula is C42H45ClN4O4. The number of unbranched alkanes of at least 4 members (excludes halogenated alkanes) is 1. The Balaban J connectivity index is 1.35. The van der Waals surface area contributed by atoms with Gasteiger partial charge in [-0.25, -0.2) is 0 Å². The third-order valence-electron chi connectivity index (χ3n) is 8.82. The number of aliphatic hydroxyl groups is 1. The first-order valence-electron chi connectivity index (χ1n) is 17.2. The minimum absolute atomic E-state index is 0.0975. The Labute approximate surface area is 305 Å². The molecule has 0 fully saturated rings. The number of carbonyl (C=O) groups is 2. The molecule has 0 saturated heterocycles. The molecule has 2 atom stereocenters. The van der Waals surface area contributed by atoms with Crippen molar-refractivity contribution in [1.82, 2.24) is 5.32 Å². The fourth-order valence-corrected chi connectivity index (χ4v) is 6.27. The number of hydrogen-bond donors (Lipinski definition) is 4. The minimum atomic E-state index is -0.858. The number of nitrogens with one attached hydrogen (secondary N) is 2. The number of carbonyl (C=O) groups excluding carboxylic acids is 2. The lowest BCUT2D eigenvalue weighted by Crippen LogP contribution is -2.50. The second-order valence-corrected chi connectivity index (χ2v) is 12.9. The molecule has 2 amide bonds. The standard InChI is InChI=1S/C42H45ClN4O4/c1-51-39-18-9-8-17-38(39)47(40(32-12-4-2-5-13-32)33-14-6-3-7-15-33)27-11-10-16-37(42(50)45-35-25-21-31(29-48)22-26-35)46-41(49)36(44)28-30-19-23-34(43)24-20-30/h2-9,12-15,17-26,36-37,40,48H,10-11,16,27-29,44H2,1H3,(H,45,50)(H,46,49)/t36-,37-/m0/s1. The van der Waals surface area contributed by atoms with E-state index in [2.05, 4.69) is 45.9 Å². The number of nitrogens with two attached hydrogens (primary N) is 1. The van der Waals surface area contributed by atoms with E-state index >= 15 is 0 Å². The Morgan fingerprint density at radius 2 is 1.35 bits per heavy atom. The van der Waals surface area contributed by atoms with Gasteiger partial charge >= 0.3 is 0 Å². The Kier molecular flexibility index (Phi) is 13.6. The van der Waals surface area contributed by atoms with Crippen LogP contribution in [-0.4, -0.2) is 42.7 Å². The molecule has 0 aliphatic rings. The lowest BCUT2D eigenvalue weighted by Gasteiger charge is -2.35. The Hall–Kier alpha value is -5.15. The highest BCUT2D eigenvalue weighted by Gasteiger charge is 2.27. The number of methoxy groups -OCH3 is 1. The third kappa shape index (κ3) is 10.4. The number of hydrogen-bond acceptors (Lipinski definition) is 6. The summed E-state index contributed by atoms with van der Waals surface area (Å²) < 4.78 is 5.84. The fourth-order valence-electron chi connectivity index (χ4n) is 6.15. The number of halogens is 1. The van der Waals surface area contributed by atoms with Gasteiger partial charge in [0.15, 0.2) is 0 Å². The van der Waals surface area contributed by atoms with Crippen molar-refractivity contribution in [1.29, 1.82) is 0 Å². The summed E-state index contributed by atoms with van der Waals surface area (Å²) in [5.41, 5.74) is 11.7. The van der Waals surface area contributed by atoms with Crippen molar-refractivity contribution >= 4 is 34.8 Å². The maximum Gasteiger partial charge on any atom is 0.246 e. The third-order valence-corrected chi connectivity index (χ3v) is 9.07. The van der Waals surface area contributed by atoms with Crippen LogP contribution in [0.5, 0.6) is 5.75 Å². The van der Waals surface area contributed by atoms with Crippen LogP contribution in [0.2, 0.25) is 5.02 Å². The summed E-state index contributed by atoms with van der Waals surface area (Å²) in [6.07, 6.45) is 2.04. The lowest BCUT2D eigenvalue weighted by molar-refractivity contribution is -0.127. The monoisotopic (exact) mass is 704 g/mol.